The smallest absolute Gasteiger partial charge is 0.264 e. The van der Waals surface area contributed by atoms with Gasteiger partial charge < -0.3 is 10.2 Å². The van der Waals surface area contributed by atoms with Crippen molar-refractivity contribution >= 4 is 29.0 Å². The number of hydrogen-bond acceptors (Lipinski definition) is 4. The highest BCUT2D eigenvalue weighted by Crippen LogP contribution is 2.28. The fourth-order valence-electron chi connectivity index (χ4n) is 3.56. The highest BCUT2D eigenvalue weighted by Gasteiger charge is 2.24. The third kappa shape index (κ3) is 5.90. The zero-order chi connectivity index (χ0) is 24.3. The molecule has 3 aromatic rings. The number of aryl methyl sites for hydroxylation is 1. The number of nitrogens with one attached hydrogen (secondary N) is 1. The summed E-state index contributed by atoms with van der Waals surface area (Å²) in [5.74, 6) is 0.487. The number of hydrogen-bond donors (Lipinski definition) is 1. The molecule has 0 unspecified atom stereocenters. The minimum Gasteiger partial charge on any atom is -0.328 e. The molecule has 0 saturated carbocycles. The third-order valence-electron chi connectivity index (χ3n) is 5.49. The molecule has 2 aromatic heterocycles. The van der Waals surface area contributed by atoms with Crippen molar-refractivity contribution in [3.63, 3.8) is 0 Å². The zero-order valence-corrected chi connectivity index (χ0v) is 21.4. The Labute approximate surface area is 200 Å². The van der Waals surface area contributed by atoms with Crippen molar-refractivity contribution in [3.8, 4) is 5.69 Å². The van der Waals surface area contributed by atoms with Gasteiger partial charge in [0, 0.05) is 18.0 Å². The molecule has 0 aliphatic rings. The van der Waals surface area contributed by atoms with Gasteiger partial charge in [-0.15, -0.1) is 11.3 Å². The van der Waals surface area contributed by atoms with Crippen molar-refractivity contribution in [3.05, 3.63) is 63.5 Å². The standard InChI is InChI=1S/C26H34N4O2S/c1-17(2)15-29(25(32)21-12-9-13-33-21)16-24(31)27-23-14-22(26(5,6)7)28-30(23)20-11-8-10-18(3)19(20)4/h8-14,17H,15-16H2,1-7H3,(H,27,31). The van der Waals surface area contributed by atoms with Crippen LogP contribution in [0, 0.1) is 19.8 Å². The van der Waals surface area contributed by atoms with Gasteiger partial charge in [-0.1, -0.05) is 52.8 Å². The lowest BCUT2D eigenvalue weighted by molar-refractivity contribution is -0.117. The predicted octanol–water partition coefficient (Wildman–Crippen LogP) is 5.59. The number of benzene rings is 1. The Kier molecular flexibility index (Phi) is 7.42. The van der Waals surface area contributed by atoms with Gasteiger partial charge in [0.05, 0.1) is 16.3 Å². The number of rotatable bonds is 7. The number of anilines is 1. The van der Waals surface area contributed by atoms with E-state index in [2.05, 4.69) is 46.0 Å². The first kappa shape index (κ1) is 24.7. The van der Waals surface area contributed by atoms with Crippen molar-refractivity contribution in [2.24, 2.45) is 5.92 Å². The Bertz CT molecular complexity index is 1120. The van der Waals surface area contributed by atoms with Gasteiger partial charge in [0.15, 0.2) is 0 Å². The van der Waals surface area contributed by atoms with E-state index in [4.69, 9.17) is 5.10 Å². The van der Waals surface area contributed by atoms with Gasteiger partial charge in [-0.25, -0.2) is 4.68 Å². The quantitative estimate of drug-likeness (QED) is 0.494. The molecule has 0 spiro atoms. The molecule has 2 heterocycles. The van der Waals surface area contributed by atoms with E-state index in [0.29, 0.717) is 17.2 Å². The van der Waals surface area contributed by atoms with E-state index in [9.17, 15) is 9.59 Å². The van der Waals surface area contributed by atoms with Gasteiger partial charge in [-0.05, 0) is 48.4 Å². The summed E-state index contributed by atoms with van der Waals surface area (Å²) in [6.07, 6.45) is 0. The number of amides is 2. The predicted molar refractivity (Wildman–Crippen MR) is 135 cm³/mol. The van der Waals surface area contributed by atoms with E-state index >= 15 is 0 Å². The lowest BCUT2D eigenvalue weighted by Gasteiger charge is -2.23. The minimum absolute atomic E-state index is 0.0161. The van der Waals surface area contributed by atoms with E-state index in [0.717, 1.165) is 22.5 Å². The first-order chi connectivity index (χ1) is 15.5. The number of thiophene rings is 1. The fraction of sp³-hybridized carbons (Fsp3) is 0.423. The van der Waals surface area contributed by atoms with E-state index < -0.39 is 0 Å². The molecule has 0 radical (unpaired) electrons. The Morgan fingerprint density at radius 3 is 2.48 bits per heavy atom. The molecule has 0 fully saturated rings. The monoisotopic (exact) mass is 466 g/mol. The lowest BCUT2D eigenvalue weighted by atomic mass is 9.92. The summed E-state index contributed by atoms with van der Waals surface area (Å²) in [7, 11) is 0. The first-order valence-electron chi connectivity index (χ1n) is 11.3. The molecule has 0 aliphatic heterocycles. The first-order valence-corrected chi connectivity index (χ1v) is 12.1. The molecular formula is C26H34N4O2S. The van der Waals surface area contributed by atoms with Crippen LogP contribution in [0.1, 0.15) is 61.1 Å². The van der Waals surface area contributed by atoms with Gasteiger partial charge in [-0.2, -0.15) is 5.10 Å². The molecule has 0 aliphatic carbocycles. The molecule has 0 atom stereocenters. The van der Waals surface area contributed by atoms with Crippen LogP contribution in [0.2, 0.25) is 0 Å². The average Bonchev–Trinajstić information content (AvgIpc) is 3.39. The number of nitrogens with zero attached hydrogens (tertiary/aromatic N) is 3. The van der Waals surface area contributed by atoms with Gasteiger partial charge in [-0.3, -0.25) is 9.59 Å². The Morgan fingerprint density at radius 1 is 1.15 bits per heavy atom. The second-order valence-corrected chi connectivity index (χ2v) is 10.8. The van der Waals surface area contributed by atoms with E-state index in [1.807, 2.05) is 43.5 Å². The van der Waals surface area contributed by atoms with Crippen molar-refractivity contribution < 1.29 is 9.59 Å². The van der Waals surface area contributed by atoms with Gasteiger partial charge >= 0.3 is 0 Å². The molecule has 6 nitrogen and oxygen atoms in total. The molecule has 3 rings (SSSR count). The molecule has 1 aromatic carbocycles. The van der Waals surface area contributed by atoms with Crippen LogP contribution in [0.5, 0.6) is 0 Å². The van der Waals surface area contributed by atoms with Crippen molar-refractivity contribution in [2.45, 2.75) is 53.9 Å². The molecule has 1 N–H and O–H groups in total. The number of carbonyl (C=O) groups is 2. The van der Waals surface area contributed by atoms with Crippen LogP contribution in [0.15, 0.2) is 41.8 Å². The van der Waals surface area contributed by atoms with E-state index in [1.165, 1.54) is 11.3 Å². The topological polar surface area (TPSA) is 67.2 Å². The minimum atomic E-state index is -0.243. The van der Waals surface area contributed by atoms with Crippen LogP contribution in [-0.2, 0) is 10.2 Å². The second-order valence-electron chi connectivity index (χ2n) is 9.90. The largest absolute Gasteiger partial charge is 0.328 e. The summed E-state index contributed by atoms with van der Waals surface area (Å²) < 4.78 is 1.80. The highest BCUT2D eigenvalue weighted by molar-refractivity contribution is 7.12. The van der Waals surface area contributed by atoms with Crippen LogP contribution in [0.3, 0.4) is 0 Å². The molecule has 0 saturated heterocycles. The summed E-state index contributed by atoms with van der Waals surface area (Å²) in [6.45, 7) is 15.0. The summed E-state index contributed by atoms with van der Waals surface area (Å²) in [6, 6.07) is 11.6. The zero-order valence-electron chi connectivity index (χ0n) is 20.6. The van der Waals surface area contributed by atoms with Gasteiger partial charge in [0.25, 0.3) is 5.91 Å². The van der Waals surface area contributed by atoms with Crippen LogP contribution < -0.4 is 5.32 Å². The fourth-order valence-corrected chi connectivity index (χ4v) is 4.25. The molecular weight excluding hydrogens is 432 g/mol. The lowest BCUT2D eigenvalue weighted by Crippen LogP contribution is -2.40. The Hall–Kier alpha value is -2.93. The highest BCUT2D eigenvalue weighted by atomic mass is 32.1. The van der Waals surface area contributed by atoms with Crippen molar-refractivity contribution in [1.82, 2.24) is 14.7 Å². The maximum Gasteiger partial charge on any atom is 0.264 e. The Balaban J connectivity index is 1.91. The number of aromatic nitrogens is 2. The van der Waals surface area contributed by atoms with Crippen LogP contribution >= 0.6 is 11.3 Å². The molecule has 33 heavy (non-hydrogen) atoms. The van der Waals surface area contributed by atoms with Crippen LogP contribution in [0.25, 0.3) is 5.69 Å². The summed E-state index contributed by atoms with van der Waals surface area (Å²) in [5.41, 5.74) is 3.89. The van der Waals surface area contributed by atoms with E-state index in [-0.39, 0.29) is 29.7 Å². The maximum absolute atomic E-state index is 13.1. The molecule has 2 amide bonds. The van der Waals surface area contributed by atoms with Crippen molar-refractivity contribution in [2.75, 3.05) is 18.4 Å². The number of carbonyl (C=O) groups excluding carboxylic acids is 2. The molecule has 7 heteroatoms. The Morgan fingerprint density at radius 2 is 1.88 bits per heavy atom. The van der Waals surface area contributed by atoms with Crippen molar-refractivity contribution in [1.29, 1.82) is 0 Å². The maximum atomic E-state index is 13.1. The molecule has 0 bridgehead atoms. The van der Waals surface area contributed by atoms with E-state index in [1.54, 1.807) is 15.6 Å². The SMILES string of the molecule is Cc1cccc(-n2nc(C(C)(C)C)cc2NC(=O)CN(CC(C)C)C(=O)c2cccs2)c1C. The summed E-state index contributed by atoms with van der Waals surface area (Å²) >= 11 is 1.39. The van der Waals surface area contributed by atoms with Gasteiger partial charge in [0.1, 0.15) is 12.4 Å². The summed E-state index contributed by atoms with van der Waals surface area (Å²) in [5, 5.41) is 9.73. The molecule has 176 valence electrons. The average molecular weight is 467 g/mol. The second kappa shape index (κ2) is 9.91. The van der Waals surface area contributed by atoms with Crippen LogP contribution in [0.4, 0.5) is 5.82 Å². The van der Waals surface area contributed by atoms with Gasteiger partial charge in [0.2, 0.25) is 5.91 Å². The summed E-state index contributed by atoms with van der Waals surface area (Å²) in [4.78, 5) is 28.4. The third-order valence-corrected chi connectivity index (χ3v) is 6.35. The normalized spacial score (nSPS) is 11.6. The van der Waals surface area contributed by atoms with Crippen LogP contribution in [-0.4, -0.2) is 39.6 Å².